The summed E-state index contributed by atoms with van der Waals surface area (Å²) in [7, 11) is -2.42. The molecule has 0 unspecified atom stereocenters. The summed E-state index contributed by atoms with van der Waals surface area (Å²) < 4.78 is 62.1. The zero-order valence-corrected chi connectivity index (χ0v) is 19.4. The molecule has 0 spiro atoms. The van der Waals surface area contributed by atoms with Gasteiger partial charge in [-0.25, -0.2) is 8.42 Å². The summed E-state index contributed by atoms with van der Waals surface area (Å²) in [5.41, 5.74) is 1.86. The number of sulfonamides is 1. The van der Waals surface area contributed by atoms with E-state index in [0.717, 1.165) is 5.56 Å². The maximum absolute atomic E-state index is 12.9. The number of anilines is 1. The van der Waals surface area contributed by atoms with Crippen molar-refractivity contribution in [2.45, 2.75) is 24.9 Å². The lowest BCUT2D eigenvalue weighted by Crippen LogP contribution is -2.26. The number of carbonyl (C=O) groups is 1. The van der Waals surface area contributed by atoms with E-state index in [0.29, 0.717) is 23.4 Å². The molecule has 3 rings (SSSR count). The Hall–Kier alpha value is -3.66. The van der Waals surface area contributed by atoms with Gasteiger partial charge in [-0.05, 0) is 73.0 Å². The number of alkyl halides is 2. The minimum Gasteiger partial charge on any atom is -0.497 e. The third-order valence-electron chi connectivity index (χ3n) is 4.93. The third kappa shape index (κ3) is 6.67. The van der Waals surface area contributed by atoms with Crippen molar-refractivity contribution in [3.05, 3.63) is 83.4 Å². The van der Waals surface area contributed by atoms with Crippen LogP contribution >= 0.6 is 0 Å². The van der Waals surface area contributed by atoms with E-state index < -0.39 is 22.5 Å². The molecule has 0 aliphatic rings. The van der Waals surface area contributed by atoms with Crippen LogP contribution in [0.3, 0.4) is 0 Å². The van der Waals surface area contributed by atoms with Gasteiger partial charge in [0, 0.05) is 17.8 Å². The standard InChI is InChI=1S/C24H24F2N2O5S/c1-16-3-6-18(15-22(16)34(30,31)28-19-7-11-20(32-2)12-8-19)23(29)27-14-13-17-4-9-21(10-5-17)33-24(25)26/h3-12,15,24,28H,13-14H2,1-2H3,(H,27,29). The van der Waals surface area contributed by atoms with Crippen LogP contribution in [0, 0.1) is 6.92 Å². The molecule has 10 heteroatoms. The largest absolute Gasteiger partial charge is 0.497 e. The van der Waals surface area contributed by atoms with Gasteiger partial charge in [-0.3, -0.25) is 9.52 Å². The molecule has 0 aliphatic carbocycles. The van der Waals surface area contributed by atoms with Crippen LogP contribution in [-0.2, 0) is 16.4 Å². The van der Waals surface area contributed by atoms with Crippen LogP contribution in [0.5, 0.6) is 11.5 Å². The molecule has 0 aromatic heterocycles. The summed E-state index contributed by atoms with van der Waals surface area (Å²) in [4.78, 5) is 12.6. The van der Waals surface area contributed by atoms with E-state index in [4.69, 9.17) is 4.74 Å². The number of ether oxygens (including phenoxy) is 2. The Morgan fingerprint density at radius 2 is 1.62 bits per heavy atom. The summed E-state index contributed by atoms with van der Waals surface area (Å²) >= 11 is 0. The average Bonchev–Trinajstić information content (AvgIpc) is 2.80. The molecule has 0 bridgehead atoms. The van der Waals surface area contributed by atoms with Crippen molar-refractivity contribution in [2.24, 2.45) is 0 Å². The second kappa shape index (κ2) is 11.0. The van der Waals surface area contributed by atoms with Gasteiger partial charge < -0.3 is 14.8 Å². The third-order valence-corrected chi connectivity index (χ3v) is 6.45. The van der Waals surface area contributed by atoms with Crippen molar-refractivity contribution < 1.29 is 31.5 Å². The Labute approximate surface area is 196 Å². The molecule has 0 atom stereocenters. The summed E-state index contributed by atoms with van der Waals surface area (Å²) in [6.45, 7) is -0.973. The smallest absolute Gasteiger partial charge is 0.387 e. The van der Waals surface area contributed by atoms with Crippen molar-refractivity contribution in [3.8, 4) is 11.5 Å². The average molecular weight is 491 g/mol. The number of methoxy groups -OCH3 is 1. The molecule has 180 valence electrons. The predicted molar refractivity (Wildman–Crippen MR) is 124 cm³/mol. The van der Waals surface area contributed by atoms with Crippen LogP contribution < -0.4 is 19.5 Å². The number of hydrogen-bond acceptors (Lipinski definition) is 5. The fourth-order valence-electron chi connectivity index (χ4n) is 3.16. The first-order valence-corrected chi connectivity index (χ1v) is 11.8. The number of amides is 1. The molecule has 34 heavy (non-hydrogen) atoms. The zero-order chi connectivity index (χ0) is 24.7. The Balaban J connectivity index is 1.64. The molecule has 0 aliphatic heterocycles. The van der Waals surface area contributed by atoms with Gasteiger partial charge in [-0.1, -0.05) is 18.2 Å². The fraction of sp³-hybridized carbons (Fsp3) is 0.208. The van der Waals surface area contributed by atoms with E-state index in [1.54, 1.807) is 55.5 Å². The van der Waals surface area contributed by atoms with Gasteiger partial charge in [-0.2, -0.15) is 8.78 Å². The second-order valence-corrected chi connectivity index (χ2v) is 8.99. The van der Waals surface area contributed by atoms with Crippen molar-refractivity contribution in [2.75, 3.05) is 18.4 Å². The van der Waals surface area contributed by atoms with Crippen LogP contribution in [0.25, 0.3) is 0 Å². The molecule has 0 fully saturated rings. The summed E-state index contributed by atoms with van der Waals surface area (Å²) in [6, 6.07) is 17.0. The highest BCUT2D eigenvalue weighted by Gasteiger charge is 2.19. The van der Waals surface area contributed by atoms with Crippen LogP contribution in [0.4, 0.5) is 14.5 Å². The summed E-state index contributed by atoms with van der Waals surface area (Å²) in [5.74, 6) is 0.216. The quantitative estimate of drug-likeness (QED) is 0.440. The van der Waals surface area contributed by atoms with Crippen molar-refractivity contribution in [3.63, 3.8) is 0 Å². The van der Waals surface area contributed by atoms with Gasteiger partial charge in [0.25, 0.3) is 15.9 Å². The predicted octanol–water partition coefficient (Wildman–Crippen LogP) is 4.38. The fourth-order valence-corrected chi connectivity index (χ4v) is 4.49. The Bertz CT molecular complexity index is 1230. The van der Waals surface area contributed by atoms with Crippen LogP contribution in [-0.4, -0.2) is 34.6 Å². The summed E-state index contributed by atoms with van der Waals surface area (Å²) in [5, 5.41) is 2.74. The Kier molecular flexibility index (Phi) is 8.06. The first-order chi connectivity index (χ1) is 16.2. The number of hydrogen-bond donors (Lipinski definition) is 2. The van der Waals surface area contributed by atoms with Gasteiger partial charge in [0.2, 0.25) is 0 Å². The van der Waals surface area contributed by atoms with E-state index in [1.807, 2.05) is 0 Å². The van der Waals surface area contributed by atoms with E-state index in [9.17, 15) is 22.0 Å². The minimum absolute atomic E-state index is 0.00872. The van der Waals surface area contributed by atoms with E-state index in [-0.39, 0.29) is 22.8 Å². The van der Waals surface area contributed by atoms with E-state index in [1.165, 1.54) is 25.3 Å². The number of aryl methyl sites for hydroxylation is 1. The van der Waals surface area contributed by atoms with Crippen molar-refractivity contribution in [1.29, 1.82) is 0 Å². The molecule has 3 aromatic carbocycles. The van der Waals surface area contributed by atoms with Crippen LogP contribution in [0.1, 0.15) is 21.5 Å². The Morgan fingerprint density at radius 1 is 0.971 bits per heavy atom. The zero-order valence-electron chi connectivity index (χ0n) is 18.5. The lowest BCUT2D eigenvalue weighted by Gasteiger charge is -2.13. The first kappa shape index (κ1) is 25.0. The van der Waals surface area contributed by atoms with E-state index >= 15 is 0 Å². The maximum atomic E-state index is 12.9. The summed E-state index contributed by atoms with van der Waals surface area (Å²) in [6.07, 6.45) is 0.455. The van der Waals surface area contributed by atoms with Gasteiger partial charge in [-0.15, -0.1) is 0 Å². The van der Waals surface area contributed by atoms with E-state index in [2.05, 4.69) is 14.8 Å². The number of halogens is 2. The molecular weight excluding hydrogens is 466 g/mol. The molecule has 0 radical (unpaired) electrons. The van der Waals surface area contributed by atoms with Crippen molar-refractivity contribution >= 4 is 21.6 Å². The molecular formula is C24H24F2N2O5S. The first-order valence-electron chi connectivity index (χ1n) is 10.3. The monoisotopic (exact) mass is 490 g/mol. The molecule has 0 saturated heterocycles. The molecule has 2 N–H and O–H groups in total. The van der Waals surface area contributed by atoms with Gasteiger partial charge in [0.05, 0.1) is 12.0 Å². The molecule has 0 saturated carbocycles. The van der Waals surface area contributed by atoms with Crippen LogP contribution in [0.15, 0.2) is 71.6 Å². The molecule has 1 amide bonds. The van der Waals surface area contributed by atoms with Gasteiger partial charge in [0.15, 0.2) is 0 Å². The lowest BCUT2D eigenvalue weighted by molar-refractivity contribution is -0.0498. The second-order valence-electron chi connectivity index (χ2n) is 7.34. The highest BCUT2D eigenvalue weighted by Crippen LogP contribution is 2.22. The number of nitrogens with one attached hydrogen (secondary N) is 2. The number of benzene rings is 3. The van der Waals surface area contributed by atoms with Gasteiger partial charge in [0.1, 0.15) is 11.5 Å². The van der Waals surface area contributed by atoms with Crippen molar-refractivity contribution in [1.82, 2.24) is 5.32 Å². The van der Waals surface area contributed by atoms with Gasteiger partial charge >= 0.3 is 6.61 Å². The SMILES string of the molecule is COc1ccc(NS(=O)(=O)c2cc(C(=O)NCCc3ccc(OC(F)F)cc3)ccc2C)cc1. The molecule has 3 aromatic rings. The topological polar surface area (TPSA) is 93.7 Å². The van der Waals surface area contributed by atoms with Crippen LogP contribution in [0.2, 0.25) is 0 Å². The highest BCUT2D eigenvalue weighted by atomic mass is 32.2. The lowest BCUT2D eigenvalue weighted by atomic mass is 10.1. The number of rotatable bonds is 10. The minimum atomic E-state index is -3.93. The normalized spacial score (nSPS) is 11.2. The molecule has 7 nitrogen and oxygen atoms in total. The molecule has 0 heterocycles. The maximum Gasteiger partial charge on any atom is 0.387 e. The number of carbonyl (C=O) groups excluding carboxylic acids is 1. The highest BCUT2D eigenvalue weighted by molar-refractivity contribution is 7.92. The Morgan fingerprint density at radius 3 is 2.24 bits per heavy atom.